The van der Waals surface area contributed by atoms with Crippen molar-refractivity contribution in [2.45, 2.75) is 6.54 Å². The highest BCUT2D eigenvalue weighted by molar-refractivity contribution is 5.91. The molecule has 186 valence electrons. The van der Waals surface area contributed by atoms with Crippen LogP contribution in [0.4, 0.5) is 0 Å². The van der Waals surface area contributed by atoms with Gasteiger partial charge in [-0.05, 0) is 29.3 Å². The summed E-state index contributed by atoms with van der Waals surface area (Å²) in [6.45, 7) is -0.630. The average molecular weight is 502 g/mol. The Morgan fingerprint density at radius 1 is 0.868 bits per heavy atom. The quantitative estimate of drug-likeness (QED) is 0.317. The molecule has 0 saturated heterocycles. The molecule has 8 nitrogen and oxygen atoms in total. The van der Waals surface area contributed by atoms with E-state index in [1.54, 1.807) is 6.20 Å². The van der Waals surface area contributed by atoms with Crippen LogP contribution in [0.25, 0.3) is 50.1 Å². The van der Waals surface area contributed by atoms with Crippen LogP contribution < -0.4 is 10.9 Å². The molecule has 3 aromatic carbocycles. The lowest BCUT2D eigenvalue weighted by Gasteiger charge is -2.12. The van der Waals surface area contributed by atoms with E-state index in [0.717, 1.165) is 27.6 Å². The van der Waals surface area contributed by atoms with E-state index in [0.29, 0.717) is 28.2 Å². The number of aliphatic hydroxyl groups is 1. The van der Waals surface area contributed by atoms with Gasteiger partial charge in [0.15, 0.2) is 0 Å². The van der Waals surface area contributed by atoms with Crippen LogP contribution in [0.5, 0.6) is 0 Å². The van der Waals surface area contributed by atoms with Gasteiger partial charge in [0.05, 0.1) is 23.2 Å². The van der Waals surface area contributed by atoms with Gasteiger partial charge in [0.25, 0.3) is 5.56 Å². The summed E-state index contributed by atoms with van der Waals surface area (Å²) in [7, 11) is 0. The summed E-state index contributed by atoms with van der Waals surface area (Å²) in [6, 6.07) is 28.8. The molecule has 0 bridgehead atoms. The fraction of sp³-hybridized carbons (Fsp3) is 0.0667. The molecule has 6 aromatic rings. The Hall–Kier alpha value is -5.08. The van der Waals surface area contributed by atoms with Gasteiger partial charge in [-0.1, -0.05) is 72.8 Å². The Morgan fingerprint density at radius 3 is 2.34 bits per heavy atom. The Balaban J connectivity index is 1.66. The first kappa shape index (κ1) is 23.3. The van der Waals surface area contributed by atoms with Gasteiger partial charge in [0, 0.05) is 22.8 Å². The van der Waals surface area contributed by atoms with Gasteiger partial charge >= 0.3 is 0 Å². The number of nitrogens with one attached hydrogen (secondary N) is 2. The normalized spacial score (nSPS) is 11.2. The first-order chi connectivity index (χ1) is 18.6. The van der Waals surface area contributed by atoms with E-state index in [1.807, 2.05) is 91.0 Å². The number of pyridine rings is 1. The molecular formula is C30H23N5O3. The van der Waals surface area contributed by atoms with Crippen molar-refractivity contribution < 1.29 is 9.90 Å². The number of H-pyrrole nitrogens is 1. The summed E-state index contributed by atoms with van der Waals surface area (Å²) in [5.74, 6) is -0.541. The van der Waals surface area contributed by atoms with E-state index in [4.69, 9.17) is 5.10 Å². The smallest absolute Gasteiger partial charge is 0.282 e. The SMILES string of the molecule is O=C(CO)NCc1[nH]c2c(-c3ccccc3)c(-c3ccccc3)nn2c(=O)c1-c1ccc2ncccc2c1. The highest BCUT2D eigenvalue weighted by Gasteiger charge is 2.23. The van der Waals surface area contributed by atoms with Crippen molar-refractivity contribution in [1.29, 1.82) is 0 Å². The number of rotatable bonds is 6. The van der Waals surface area contributed by atoms with E-state index >= 15 is 0 Å². The number of aromatic nitrogens is 4. The van der Waals surface area contributed by atoms with Crippen LogP contribution in [0.2, 0.25) is 0 Å². The summed E-state index contributed by atoms with van der Waals surface area (Å²) in [6.07, 6.45) is 1.72. The minimum absolute atomic E-state index is 0.0195. The summed E-state index contributed by atoms with van der Waals surface area (Å²) in [5, 5.41) is 17.6. The predicted octanol–water partition coefficient (Wildman–Crippen LogP) is 4.18. The molecule has 8 heteroatoms. The maximum atomic E-state index is 14.1. The first-order valence-electron chi connectivity index (χ1n) is 12.2. The fourth-order valence-corrected chi connectivity index (χ4v) is 4.70. The molecule has 3 heterocycles. The van der Waals surface area contributed by atoms with Crippen LogP contribution in [0.1, 0.15) is 5.69 Å². The van der Waals surface area contributed by atoms with Gasteiger partial charge in [-0.3, -0.25) is 14.6 Å². The van der Waals surface area contributed by atoms with Gasteiger partial charge in [-0.2, -0.15) is 9.61 Å². The molecule has 0 atom stereocenters. The zero-order valence-electron chi connectivity index (χ0n) is 20.3. The minimum atomic E-state index is -0.649. The molecule has 6 rings (SSSR count). The van der Waals surface area contributed by atoms with Crippen LogP contribution in [0.15, 0.2) is 102 Å². The molecule has 0 radical (unpaired) electrons. The van der Waals surface area contributed by atoms with Gasteiger partial charge in [0.1, 0.15) is 17.9 Å². The molecule has 1 amide bonds. The molecule has 38 heavy (non-hydrogen) atoms. The van der Waals surface area contributed by atoms with Crippen LogP contribution in [0, 0.1) is 0 Å². The largest absolute Gasteiger partial charge is 0.387 e. The second-order valence-corrected chi connectivity index (χ2v) is 8.85. The summed E-state index contributed by atoms with van der Waals surface area (Å²) < 4.78 is 1.39. The van der Waals surface area contributed by atoms with Gasteiger partial charge in [-0.15, -0.1) is 0 Å². The van der Waals surface area contributed by atoms with Crippen molar-refractivity contribution in [3.63, 3.8) is 0 Å². The first-order valence-corrected chi connectivity index (χ1v) is 12.2. The van der Waals surface area contributed by atoms with E-state index in [-0.39, 0.29) is 12.1 Å². The molecule has 0 aliphatic rings. The third-order valence-corrected chi connectivity index (χ3v) is 6.47. The van der Waals surface area contributed by atoms with Gasteiger partial charge in [-0.25, -0.2) is 0 Å². The molecule has 0 unspecified atom stereocenters. The summed E-state index contributed by atoms with van der Waals surface area (Å²) in [4.78, 5) is 33.9. The van der Waals surface area contributed by atoms with Gasteiger partial charge < -0.3 is 15.4 Å². The average Bonchev–Trinajstić information content (AvgIpc) is 3.36. The van der Waals surface area contributed by atoms with Gasteiger partial charge in [0.2, 0.25) is 5.91 Å². The van der Waals surface area contributed by atoms with Crippen LogP contribution in [-0.2, 0) is 11.3 Å². The van der Waals surface area contributed by atoms with Crippen molar-refractivity contribution in [2.24, 2.45) is 0 Å². The highest BCUT2D eigenvalue weighted by atomic mass is 16.3. The zero-order valence-corrected chi connectivity index (χ0v) is 20.3. The van der Waals surface area contributed by atoms with E-state index < -0.39 is 12.5 Å². The highest BCUT2D eigenvalue weighted by Crippen LogP contribution is 2.35. The second kappa shape index (κ2) is 9.76. The van der Waals surface area contributed by atoms with Crippen molar-refractivity contribution in [3.8, 4) is 33.5 Å². The number of hydrogen-bond acceptors (Lipinski definition) is 5. The molecule has 0 spiro atoms. The Bertz CT molecular complexity index is 1840. The lowest BCUT2D eigenvalue weighted by atomic mass is 10.0. The number of hydrogen-bond donors (Lipinski definition) is 3. The number of benzene rings is 3. The van der Waals surface area contributed by atoms with Crippen molar-refractivity contribution in [3.05, 3.63) is 113 Å². The number of fused-ring (bicyclic) bond motifs is 2. The molecule has 0 aliphatic heterocycles. The Kier molecular flexibility index (Phi) is 5.99. The standard InChI is InChI=1S/C30H23N5O3/c36-18-25(37)32-17-24-26(22-13-14-23-21(16-22)12-7-15-31-23)30(38)35-29(33-24)27(19-8-3-1-4-9-19)28(34-35)20-10-5-2-6-11-20/h1-16,33,36H,17-18H2,(H,32,37). The third kappa shape index (κ3) is 4.12. The molecule has 3 aromatic heterocycles. The molecule has 0 aliphatic carbocycles. The molecule has 3 N–H and O–H groups in total. The van der Waals surface area contributed by atoms with Crippen LogP contribution in [0.3, 0.4) is 0 Å². The molecule has 0 fully saturated rings. The fourth-order valence-electron chi connectivity index (χ4n) is 4.70. The predicted molar refractivity (Wildman–Crippen MR) is 146 cm³/mol. The lowest BCUT2D eigenvalue weighted by molar-refractivity contribution is -0.123. The van der Waals surface area contributed by atoms with Crippen molar-refractivity contribution >= 4 is 22.5 Å². The van der Waals surface area contributed by atoms with Crippen molar-refractivity contribution in [1.82, 2.24) is 24.9 Å². The zero-order chi connectivity index (χ0) is 26.1. The number of nitrogens with zero attached hydrogens (tertiary/aromatic N) is 3. The number of aromatic amines is 1. The second-order valence-electron chi connectivity index (χ2n) is 8.85. The maximum absolute atomic E-state index is 14.1. The van der Waals surface area contributed by atoms with E-state index in [9.17, 15) is 14.7 Å². The number of aliphatic hydroxyl groups excluding tert-OH is 1. The van der Waals surface area contributed by atoms with Crippen LogP contribution in [-0.4, -0.2) is 37.2 Å². The maximum Gasteiger partial charge on any atom is 0.282 e. The Labute approximate surface area is 217 Å². The summed E-state index contributed by atoms with van der Waals surface area (Å²) in [5.41, 5.74) is 5.75. The summed E-state index contributed by atoms with van der Waals surface area (Å²) >= 11 is 0. The minimum Gasteiger partial charge on any atom is -0.387 e. The number of carbonyl (C=O) groups is 1. The molecule has 0 saturated carbocycles. The number of amides is 1. The van der Waals surface area contributed by atoms with E-state index in [2.05, 4.69) is 15.3 Å². The topological polar surface area (TPSA) is 112 Å². The lowest BCUT2D eigenvalue weighted by Crippen LogP contribution is -2.28. The molecular weight excluding hydrogens is 478 g/mol. The number of carbonyl (C=O) groups excluding carboxylic acids is 1. The monoisotopic (exact) mass is 501 g/mol. The van der Waals surface area contributed by atoms with Crippen LogP contribution >= 0.6 is 0 Å². The third-order valence-electron chi connectivity index (χ3n) is 6.47. The Morgan fingerprint density at radius 2 is 1.61 bits per heavy atom. The van der Waals surface area contributed by atoms with E-state index in [1.165, 1.54) is 4.52 Å². The van der Waals surface area contributed by atoms with Crippen molar-refractivity contribution in [2.75, 3.05) is 6.61 Å².